The lowest BCUT2D eigenvalue weighted by atomic mass is 10.1. The predicted molar refractivity (Wildman–Crippen MR) is 69.7 cm³/mol. The van der Waals surface area contributed by atoms with Crippen LogP contribution in [0.25, 0.3) is 0 Å². The van der Waals surface area contributed by atoms with Crippen LogP contribution in [-0.4, -0.2) is 19.0 Å². The van der Waals surface area contributed by atoms with Crippen LogP contribution in [0, 0.1) is 12.3 Å². The van der Waals surface area contributed by atoms with Crippen LogP contribution >= 0.6 is 11.6 Å². The van der Waals surface area contributed by atoms with Gasteiger partial charge >= 0.3 is 0 Å². The Hall–Kier alpha value is -1.50. The highest BCUT2D eigenvalue weighted by atomic mass is 35.5. The number of carbonyl (C=O) groups excluding carboxylic acids is 1. The van der Waals surface area contributed by atoms with Gasteiger partial charge in [-0.25, -0.2) is 0 Å². The molecule has 0 bridgehead atoms. The van der Waals surface area contributed by atoms with Crippen molar-refractivity contribution in [3.8, 4) is 12.3 Å². The molecule has 4 heteroatoms. The van der Waals surface area contributed by atoms with Crippen molar-refractivity contribution in [2.75, 3.05) is 13.1 Å². The molecule has 0 fully saturated rings. The number of benzene rings is 1. The van der Waals surface area contributed by atoms with Crippen LogP contribution in [0.4, 0.5) is 0 Å². The average molecular weight is 251 g/mol. The van der Waals surface area contributed by atoms with Crippen LogP contribution in [0.1, 0.15) is 18.5 Å². The van der Waals surface area contributed by atoms with Crippen LogP contribution in [-0.2, 0) is 4.79 Å². The quantitative estimate of drug-likeness (QED) is 0.617. The Bertz CT molecular complexity index is 426. The summed E-state index contributed by atoms with van der Waals surface area (Å²) in [6, 6.07) is 7.34. The number of nitrogens with one attached hydrogen (secondary N) is 2. The zero-order valence-corrected chi connectivity index (χ0v) is 10.4. The standard InChI is InChI=1S/C13H15ClN2O/c1-3-7-15-9-13(17)16-10(2)11-5-4-6-12(14)8-11/h1,4-6,8,10,15H,7,9H2,2H3,(H,16,17). The number of halogens is 1. The van der Waals surface area contributed by atoms with E-state index < -0.39 is 0 Å². The molecule has 0 aliphatic carbocycles. The van der Waals surface area contributed by atoms with Gasteiger partial charge in [0.2, 0.25) is 5.91 Å². The van der Waals surface area contributed by atoms with Crippen LogP contribution in [0.5, 0.6) is 0 Å². The molecule has 1 amide bonds. The number of hydrogen-bond donors (Lipinski definition) is 2. The number of hydrogen-bond acceptors (Lipinski definition) is 2. The molecule has 1 atom stereocenters. The first kappa shape index (κ1) is 13.6. The van der Waals surface area contributed by atoms with Crippen molar-refractivity contribution in [3.63, 3.8) is 0 Å². The summed E-state index contributed by atoms with van der Waals surface area (Å²) in [6.07, 6.45) is 5.06. The van der Waals surface area contributed by atoms with Crippen LogP contribution in [0.2, 0.25) is 5.02 Å². The molecular formula is C13H15ClN2O. The minimum absolute atomic E-state index is 0.0752. The lowest BCUT2D eigenvalue weighted by Gasteiger charge is -2.14. The monoisotopic (exact) mass is 250 g/mol. The molecule has 0 radical (unpaired) electrons. The Morgan fingerprint density at radius 3 is 3.00 bits per heavy atom. The second-order valence-corrected chi connectivity index (χ2v) is 4.09. The van der Waals surface area contributed by atoms with Crippen molar-refractivity contribution in [2.45, 2.75) is 13.0 Å². The molecule has 1 aromatic carbocycles. The Balaban J connectivity index is 2.46. The summed E-state index contributed by atoms with van der Waals surface area (Å²) in [7, 11) is 0. The van der Waals surface area contributed by atoms with Crippen LogP contribution in [0.15, 0.2) is 24.3 Å². The minimum Gasteiger partial charge on any atom is -0.348 e. The molecule has 17 heavy (non-hydrogen) atoms. The summed E-state index contributed by atoms with van der Waals surface area (Å²) in [5.41, 5.74) is 0.975. The zero-order valence-electron chi connectivity index (χ0n) is 9.66. The highest BCUT2D eigenvalue weighted by molar-refractivity contribution is 6.30. The largest absolute Gasteiger partial charge is 0.348 e. The molecule has 1 unspecified atom stereocenters. The summed E-state index contributed by atoms with van der Waals surface area (Å²) < 4.78 is 0. The molecule has 0 heterocycles. The highest BCUT2D eigenvalue weighted by Gasteiger charge is 2.08. The Morgan fingerprint density at radius 1 is 1.59 bits per heavy atom. The molecule has 90 valence electrons. The molecule has 2 N–H and O–H groups in total. The summed E-state index contributed by atoms with van der Waals surface area (Å²) in [6.45, 7) is 2.51. The third kappa shape index (κ3) is 4.90. The Labute approximate surface area is 107 Å². The molecule has 0 aliphatic rings. The van der Waals surface area contributed by atoms with Gasteiger partial charge in [0.25, 0.3) is 0 Å². The van der Waals surface area contributed by atoms with Gasteiger partial charge in [-0.1, -0.05) is 29.7 Å². The van der Waals surface area contributed by atoms with Crippen molar-refractivity contribution >= 4 is 17.5 Å². The second kappa shape index (κ2) is 6.95. The fourth-order valence-corrected chi connectivity index (χ4v) is 1.60. The molecule has 0 aromatic heterocycles. The first-order valence-electron chi connectivity index (χ1n) is 5.32. The topological polar surface area (TPSA) is 41.1 Å². The van der Waals surface area contributed by atoms with Crippen molar-refractivity contribution in [3.05, 3.63) is 34.9 Å². The van der Waals surface area contributed by atoms with E-state index >= 15 is 0 Å². The van der Waals surface area contributed by atoms with Gasteiger partial charge in [-0.15, -0.1) is 6.42 Å². The maximum atomic E-state index is 11.5. The lowest BCUT2D eigenvalue weighted by Crippen LogP contribution is -2.35. The third-order valence-corrected chi connectivity index (χ3v) is 2.47. The van der Waals surface area contributed by atoms with Crippen molar-refractivity contribution < 1.29 is 4.79 Å². The normalized spacial score (nSPS) is 11.6. The molecule has 3 nitrogen and oxygen atoms in total. The average Bonchev–Trinajstić information content (AvgIpc) is 2.29. The van der Waals surface area contributed by atoms with Gasteiger partial charge in [-0.2, -0.15) is 0 Å². The minimum atomic E-state index is -0.0901. The van der Waals surface area contributed by atoms with Gasteiger partial charge in [0.1, 0.15) is 0 Å². The van der Waals surface area contributed by atoms with E-state index in [1.807, 2.05) is 25.1 Å². The van der Waals surface area contributed by atoms with E-state index in [4.69, 9.17) is 18.0 Å². The molecule has 0 saturated carbocycles. The molecular weight excluding hydrogens is 236 g/mol. The van der Waals surface area contributed by atoms with Crippen molar-refractivity contribution in [1.29, 1.82) is 0 Å². The first-order chi connectivity index (χ1) is 8.13. The van der Waals surface area contributed by atoms with Gasteiger partial charge in [0.15, 0.2) is 0 Å². The molecule has 0 aliphatic heterocycles. The van der Waals surface area contributed by atoms with Crippen molar-refractivity contribution in [1.82, 2.24) is 10.6 Å². The third-order valence-electron chi connectivity index (χ3n) is 2.24. The number of amides is 1. The van der Waals surface area contributed by atoms with Crippen LogP contribution in [0.3, 0.4) is 0 Å². The summed E-state index contributed by atoms with van der Waals surface area (Å²) in [5.74, 6) is 2.32. The summed E-state index contributed by atoms with van der Waals surface area (Å²) >= 11 is 5.88. The van der Waals surface area contributed by atoms with E-state index in [0.717, 1.165) is 5.56 Å². The molecule has 1 rings (SSSR count). The zero-order chi connectivity index (χ0) is 12.7. The fourth-order valence-electron chi connectivity index (χ4n) is 1.40. The summed E-state index contributed by atoms with van der Waals surface area (Å²) in [4.78, 5) is 11.5. The number of rotatable bonds is 5. The SMILES string of the molecule is C#CCNCC(=O)NC(C)c1cccc(Cl)c1. The van der Waals surface area contributed by atoms with E-state index in [1.165, 1.54) is 0 Å². The molecule has 1 aromatic rings. The van der Waals surface area contributed by atoms with Gasteiger partial charge in [-0.3, -0.25) is 10.1 Å². The molecule has 0 spiro atoms. The second-order valence-electron chi connectivity index (χ2n) is 3.65. The van der Waals surface area contributed by atoms with Crippen LogP contribution < -0.4 is 10.6 Å². The first-order valence-corrected chi connectivity index (χ1v) is 5.70. The smallest absolute Gasteiger partial charge is 0.234 e. The number of terminal acetylenes is 1. The van der Waals surface area contributed by atoms with Gasteiger partial charge < -0.3 is 5.32 Å². The molecule has 0 saturated heterocycles. The predicted octanol–water partition coefficient (Wildman–Crippen LogP) is 1.74. The Kier molecular flexibility index (Phi) is 5.55. The van der Waals surface area contributed by atoms with Gasteiger partial charge in [0.05, 0.1) is 19.1 Å². The summed E-state index contributed by atoms with van der Waals surface area (Å²) in [5, 5.41) is 6.34. The number of carbonyl (C=O) groups is 1. The van der Waals surface area contributed by atoms with E-state index in [2.05, 4.69) is 16.6 Å². The maximum Gasteiger partial charge on any atom is 0.234 e. The Morgan fingerprint density at radius 2 is 2.35 bits per heavy atom. The maximum absolute atomic E-state index is 11.5. The van der Waals surface area contributed by atoms with E-state index in [1.54, 1.807) is 6.07 Å². The van der Waals surface area contributed by atoms with Crippen molar-refractivity contribution in [2.24, 2.45) is 0 Å². The fraction of sp³-hybridized carbons (Fsp3) is 0.308. The van der Waals surface area contributed by atoms with Gasteiger partial charge in [-0.05, 0) is 24.6 Å². The van der Waals surface area contributed by atoms with Gasteiger partial charge in [0, 0.05) is 5.02 Å². The lowest BCUT2D eigenvalue weighted by molar-refractivity contribution is -0.120. The van der Waals surface area contributed by atoms with E-state index in [0.29, 0.717) is 11.6 Å². The van der Waals surface area contributed by atoms with E-state index in [9.17, 15) is 4.79 Å². The highest BCUT2D eigenvalue weighted by Crippen LogP contribution is 2.16. The van der Waals surface area contributed by atoms with E-state index in [-0.39, 0.29) is 18.5 Å².